The molecule has 0 saturated heterocycles. The van der Waals surface area contributed by atoms with Gasteiger partial charge in [0.2, 0.25) is 0 Å². The third kappa shape index (κ3) is 1.11. The van der Waals surface area contributed by atoms with Gasteiger partial charge >= 0.3 is 0 Å². The van der Waals surface area contributed by atoms with Crippen molar-refractivity contribution in [2.75, 3.05) is 0 Å². The van der Waals surface area contributed by atoms with Crippen molar-refractivity contribution in [1.82, 2.24) is 0 Å². The van der Waals surface area contributed by atoms with Gasteiger partial charge in [-0.25, -0.2) is 0 Å². The van der Waals surface area contributed by atoms with Gasteiger partial charge in [-0.2, -0.15) is 0 Å². The largest absolute Gasteiger partial charge is 0.294 e. The lowest BCUT2D eigenvalue weighted by Crippen LogP contribution is -1.99. The van der Waals surface area contributed by atoms with Crippen molar-refractivity contribution < 1.29 is 4.79 Å². The minimum absolute atomic E-state index is 0.333. The Hall–Kier alpha value is -1.11. The number of hydrogen-bond acceptors (Lipinski definition) is 1. The van der Waals surface area contributed by atoms with Gasteiger partial charge in [-0.05, 0) is 49.4 Å². The van der Waals surface area contributed by atoms with E-state index in [0.29, 0.717) is 12.2 Å². The number of carbonyl (C=O) groups excluding carboxylic acids is 1. The molecule has 1 heteroatoms. The van der Waals surface area contributed by atoms with Crippen LogP contribution in [0.2, 0.25) is 0 Å². The highest BCUT2D eigenvalue weighted by molar-refractivity contribution is 6.02. The lowest BCUT2D eigenvalue weighted by molar-refractivity contribution is 0.0994. The minimum Gasteiger partial charge on any atom is -0.294 e. The lowest BCUT2D eigenvalue weighted by Gasteiger charge is -2.09. The van der Waals surface area contributed by atoms with E-state index in [-0.39, 0.29) is 0 Å². The molecule has 0 fully saturated rings. The number of rotatable bonds is 0. The van der Waals surface area contributed by atoms with E-state index >= 15 is 0 Å². The molecule has 0 heterocycles. The maximum atomic E-state index is 11.6. The number of fused-ring (bicyclic) bond motifs is 1. The van der Waals surface area contributed by atoms with Crippen molar-refractivity contribution in [3.8, 4) is 0 Å². The van der Waals surface area contributed by atoms with Crippen molar-refractivity contribution in [2.45, 2.75) is 33.6 Å². The number of ketones is 1. The van der Waals surface area contributed by atoms with Gasteiger partial charge in [0.1, 0.15) is 0 Å². The van der Waals surface area contributed by atoms with E-state index < -0.39 is 0 Å². The molecule has 0 unspecified atom stereocenters. The molecule has 1 aliphatic rings. The van der Waals surface area contributed by atoms with Crippen molar-refractivity contribution in [2.24, 2.45) is 0 Å². The molecule has 0 radical (unpaired) electrons. The molecule has 0 atom stereocenters. The quantitative estimate of drug-likeness (QED) is 0.591. The van der Waals surface area contributed by atoms with Crippen molar-refractivity contribution in [1.29, 1.82) is 0 Å². The summed E-state index contributed by atoms with van der Waals surface area (Å²) in [6, 6.07) is 2.19. The van der Waals surface area contributed by atoms with Crippen LogP contribution in [0.5, 0.6) is 0 Å². The van der Waals surface area contributed by atoms with Crippen LogP contribution in [0.3, 0.4) is 0 Å². The first-order valence-electron chi connectivity index (χ1n) is 4.74. The summed E-state index contributed by atoms with van der Waals surface area (Å²) < 4.78 is 0. The summed E-state index contributed by atoms with van der Waals surface area (Å²) in [7, 11) is 0. The Morgan fingerprint density at radius 1 is 1.08 bits per heavy atom. The Kier molecular flexibility index (Phi) is 1.76. The Morgan fingerprint density at radius 3 is 2.46 bits per heavy atom. The van der Waals surface area contributed by atoms with Gasteiger partial charge in [-0.3, -0.25) is 4.79 Å². The molecule has 0 aromatic heterocycles. The van der Waals surface area contributed by atoms with E-state index in [0.717, 1.165) is 12.0 Å². The van der Waals surface area contributed by atoms with Crippen molar-refractivity contribution >= 4 is 5.78 Å². The molecule has 68 valence electrons. The van der Waals surface area contributed by atoms with Gasteiger partial charge in [0.15, 0.2) is 5.78 Å². The zero-order valence-corrected chi connectivity index (χ0v) is 8.40. The lowest BCUT2D eigenvalue weighted by atomic mass is 9.95. The summed E-state index contributed by atoms with van der Waals surface area (Å²) in [5, 5.41) is 0. The number of carbonyl (C=O) groups is 1. The molecule has 1 aliphatic carbocycles. The molecular weight excluding hydrogens is 160 g/mol. The zero-order chi connectivity index (χ0) is 9.59. The summed E-state index contributed by atoms with van der Waals surface area (Å²) in [5.41, 5.74) is 6.00. The highest BCUT2D eigenvalue weighted by atomic mass is 16.1. The Morgan fingerprint density at radius 2 is 1.77 bits per heavy atom. The molecule has 0 amide bonds. The van der Waals surface area contributed by atoms with E-state index in [1.807, 2.05) is 0 Å². The van der Waals surface area contributed by atoms with Crippen LogP contribution in [0.15, 0.2) is 6.07 Å². The number of hydrogen-bond donors (Lipinski definition) is 0. The monoisotopic (exact) mass is 174 g/mol. The van der Waals surface area contributed by atoms with Crippen LogP contribution in [0.25, 0.3) is 0 Å². The summed E-state index contributed by atoms with van der Waals surface area (Å²) >= 11 is 0. The molecule has 1 aromatic carbocycles. The van der Waals surface area contributed by atoms with Crippen LogP contribution >= 0.6 is 0 Å². The molecule has 13 heavy (non-hydrogen) atoms. The fourth-order valence-electron chi connectivity index (χ4n) is 2.20. The van der Waals surface area contributed by atoms with E-state index in [4.69, 9.17) is 0 Å². The average Bonchev–Trinajstić information content (AvgIpc) is 2.44. The fraction of sp³-hybridized carbons (Fsp3) is 0.417. The highest BCUT2D eigenvalue weighted by Crippen LogP contribution is 2.29. The van der Waals surface area contributed by atoms with Crippen molar-refractivity contribution in [3.63, 3.8) is 0 Å². The van der Waals surface area contributed by atoms with Gasteiger partial charge in [-0.1, -0.05) is 6.07 Å². The molecule has 0 saturated carbocycles. The molecule has 0 N–H and O–H groups in total. The molecule has 1 nitrogen and oxygen atoms in total. The van der Waals surface area contributed by atoms with Crippen LogP contribution < -0.4 is 0 Å². The summed E-state index contributed by atoms with van der Waals surface area (Å²) in [5.74, 6) is 0.333. The average molecular weight is 174 g/mol. The van der Waals surface area contributed by atoms with Crippen LogP contribution in [0.4, 0.5) is 0 Å². The molecular formula is C12H14O. The maximum Gasteiger partial charge on any atom is 0.163 e. The second-order valence-corrected chi connectivity index (χ2v) is 3.91. The maximum absolute atomic E-state index is 11.6. The molecule has 0 bridgehead atoms. The van der Waals surface area contributed by atoms with E-state index in [1.54, 1.807) is 0 Å². The predicted octanol–water partition coefficient (Wildman–Crippen LogP) is 2.74. The van der Waals surface area contributed by atoms with Crippen LogP contribution in [-0.4, -0.2) is 5.78 Å². The van der Waals surface area contributed by atoms with E-state index in [2.05, 4.69) is 26.8 Å². The Bertz CT molecular complexity index is 389. The van der Waals surface area contributed by atoms with Crippen LogP contribution in [-0.2, 0) is 6.42 Å². The second kappa shape index (κ2) is 2.69. The Balaban J connectivity index is 2.77. The number of benzene rings is 1. The first-order chi connectivity index (χ1) is 6.11. The highest BCUT2D eigenvalue weighted by Gasteiger charge is 2.23. The fourth-order valence-corrected chi connectivity index (χ4v) is 2.20. The van der Waals surface area contributed by atoms with Gasteiger partial charge < -0.3 is 0 Å². The number of Topliss-reactive ketones (excluding diaryl/α,β-unsaturated/α-hetero) is 1. The summed E-state index contributed by atoms with van der Waals surface area (Å²) in [4.78, 5) is 11.6. The molecule has 0 spiro atoms. The van der Waals surface area contributed by atoms with Crippen molar-refractivity contribution in [3.05, 3.63) is 33.9 Å². The first kappa shape index (κ1) is 8.49. The molecule has 0 aliphatic heterocycles. The third-order valence-corrected chi connectivity index (χ3v) is 3.06. The van der Waals surface area contributed by atoms with Gasteiger partial charge in [0, 0.05) is 12.0 Å². The second-order valence-electron chi connectivity index (χ2n) is 3.91. The molecule has 2 rings (SSSR count). The standard InChI is InChI=1S/C12H14O/c1-7-6-8(2)10-4-5-11(13)12(10)9(7)3/h6H,4-5H2,1-3H3. The SMILES string of the molecule is Cc1cc(C)c2c(c1C)C(=O)CC2. The van der Waals surface area contributed by atoms with Gasteiger partial charge in [0.25, 0.3) is 0 Å². The smallest absolute Gasteiger partial charge is 0.163 e. The van der Waals surface area contributed by atoms with E-state index in [9.17, 15) is 4.79 Å². The van der Waals surface area contributed by atoms with E-state index in [1.165, 1.54) is 22.3 Å². The normalized spacial score (nSPS) is 14.8. The van der Waals surface area contributed by atoms with Crippen LogP contribution in [0.1, 0.15) is 39.0 Å². The zero-order valence-electron chi connectivity index (χ0n) is 8.40. The minimum atomic E-state index is 0.333. The first-order valence-corrected chi connectivity index (χ1v) is 4.74. The van der Waals surface area contributed by atoms with Gasteiger partial charge in [0.05, 0.1) is 0 Å². The summed E-state index contributed by atoms with van der Waals surface area (Å²) in [6.07, 6.45) is 1.65. The number of aryl methyl sites for hydroxylation is 2. The third-order valence-electron chi connectivity index (χ3n) is 3.06. The Labute approximate surface area is 78.8 Å². The predicted molar refractivity (Wildman–Crippen MR) is 53.3 cm³/mol. The summed E-state index contributed by atoms with van der Waals surface area (Å²) in [6.45, 7) is 6.23. The molecule has 1 aromatic rings. The van der Waals surface area contributed by atoms with Crippen LogP contribution in [0, 0.1) is 20.8 Å². The topological polar surface area (TPSA) is 17.1 Å². The van der Waals surface area contributed by atoms with Gasteiger partial charge in [-0.15, -0.1) is 0 Å².